The lowest BCUT2D eigenvalue weighted by molar-refractivity contribution is 0.102. The number of halogens is 2. The normalized spacial score (nSPS) is 13.9. The molecule has 0 radical (unpaired) electrons. The topological polar surface area (TPSA) is 104 Å². The molecule has 0 bridgehead atoms. The van der Waals surface area contributed by atoms with Crippen molar-refractivity contribution in [3.8, 4) is 28.7 Å². The molecule has 0 spiro atoms. The Kier molecular flexibility index (Phi) is 9.60. The first-order valence-electron chi connectivity index (χ1n) is 15.2. The molecule has 238 valence electrons. The number of hydrogen-bond acceptors (Lipinski definition) is 8. The lowest BCUT2D eigenvalue weighted by Gasteiger charge is -2.30. The van der Waals surface area contributed by atoms with E-state index in [1.807, 2.05) is 0 Å². The summed E-state index contributed by atoms with van der Waals surface area (Å²) in [5.41, 5.74) is 1.46. The fraction of sp³-hybridized carbons (Fsp3) is 0.294. The number of benzene rings is 3. The number of likely N-dealkylation sites (tertiary alicyclic amines) is 1. The number of para-hydroxylation sites is 1. The maximum atomic E-state index is 15.2. The molecule has 1 amide bonds. The van der Waals surface area contributed by atoms with Crippen molar-refractivity contribution in [3.63, 3.8) is 0 Å². The molecular weight excluding hydrogens is 611 g/mol. The van der Waals surface area contributed by atoms with Gasteiger partial charge in [0.15, 0.2) is 28.8 Å². The van der Waals surface area contributed by atoms with Gasteiger partial charge < -0.3 is 24.4 Å². The molecule has 0 saturated carbocycles. The Balaban J connectivity index is 1.11. The number of nitrogens with zero attached hydrogens (tertiary/aromatic N) is 5. The molecule has 10 nitrogen and oxygen atoms in total. The monoisotopic (exact) mass is 644 g/mol. The van der Waals surface area contributed by atoms with Gasteiger partial charge in [0.2, 0.25) is 0 Å². The van der Waals surface area contributed by atoms with Crippen molar-refractivity contribution in [3.05, 3.63) is 89.6 Å². The number of pyridine rings is 1. The zero-order valence-corrected chi connectivity index (χ0v) is 26.3. The summed E-state index contributed by atoms with van der Waals surface area (Å²) >= 11 is 6.21. The first-order valence-corrected chi connectivity index (χ1v) is 15.5. The molecule has 6 rings (SSSR count). The van der Waals surface area contributed by atoms with Gasteiger partial charge in [0.25, 0.3) is 5.91 Å². The Morgan fingerprint density at radius 2 is 1.87 bits per heavy atom. The van der Waals surface area contributed by atoms with Crippen LogP contribution in [0, 0.1) is 11.7 Å². The van der Waals surface area contributed by atoms with Crippen LogP contribution in [0.5, 0.6) is 23.0 Å². The van der Waals surface area contributed by atoms with Crippen LogP contribution in [0.4, 0.5) is 10.1 Å². The van der Waals surface area contributed by atoms with Crippen LogP contribution < -0.4 is 19.5 Å². The smallest absolute Gasteiger partial charge is 0.277 e. The molecule has 1 fully saturated rings. The van der Waals surface area contributed by atoms with Gasteiger partial charge in [0.05, 0.1) is 36.1 Å². The molecule has 1 aliphatic rings. The SMILES string of the molecule is COc1cc2c(Oc3ccc(NC(=O)c4cn(-c5ccccc5Cl)nn4)cc3F)ccnc2cc1OCCCN1CCC(C)CC1. The predicted octanol–water partition coefficient (Wildman–Crippen LogP) is 7.16. The fourth-order valence-electron chi connectivity index (χ4n) is 5.34. The largest absolute Gasteiger partial charge is 0.493 e. The number of carbonyl (C=O) groups is 1. The quantitative estimate of drug-likeness (QED) is 0.151. The molecule has 3 heterocycles. The highest BCUT2D eigenvalue weighted by Gasteiger charge is 2.18. The zero-order valence-electron chi connectivity index (χ0n) is 25.6. The van der Waals surface area contributed by atoms with Crippen LogP contribution in [0.15, 0.2) is 73.1 Å². The number of anilines is 1. The van der Waals surface area contributed by atoms with Crippen LogP contribution in [0.3, 0.4) is 0 Å². The Morgan fingerprint density at radius 1 is 1.04 bits per heavy atom. The lowest BCUT2D eigenvalue weighted by Crippen LogP contribution is -2.34. The van der Waals surface area contributed by atoms with E-state index in [0.29, 0.717) is 45.5 Å². The molecule has 46 heavy (non-hydrogen) atoms. The lowest BCUT2D eigenvalue weighted by atomic mass is 9.99. The second-order valence-corrected chi connectivity index (χ2v) is 11.7. The van der Waals surface area contributed by atoms with Crippen LogP contribution in [0.1, 0.15) is 36.7 Å². The summed E-state index contributed by atoms with van der Waals surface area (Å²) in [5, 5.41) is 11.6. The Bertz CT molecular complexity index is 1840. The maximum Gasteiger partial charge on any atom is 0.277 e. The average Bonchev–Trinajstić information content (AvgIpc) is 3.55. The van der Waals surface area contributed by atoms with Gasteiger partial charge in [-0.1, -0.05) is 35.9 Å². The minimum absolute atomic E-state index is 0.0263. The molecule has 0 aliphatic carbocycles. The molecule has 3 aromatic carbocycles. The van der Waals surface area contributed by atoms with Crippen molar-refractivity contribution >= 4 is 34.1 Å². The van der Waals surface area contributed by atoms with E-state index in [4.69, 9.17) is 25.8 Å². The van der Waals surface area contributed by atoms with E-state index in [0.717, 1.165) is 32.0 Å². The maximum absolute atomic E-state index is 15.2. The summed E-state index contributed by atoms with van der Waals surface area (Å²) in [6.45, 7) is 6.14. The fourth-order valence-corrected chi connectivity index (χ4v) is 5.57. The minimum Gasteiger partial charge on any atom is -0.493 e. The summed E-state index contributed by atoms with van der Waals surface area (Å²) in [6.07, 6.45) is 6.44. The second kappa shape index (κ2) is 14.1. The number of aromatic nitrogens is 4. The highest BCUT2D eigenvalue weighted by Crippen LogP contribution is 2.38. The molecule has 1 aliphatic heterocycles. The number of rotatable bonds is 11. The van der Waals surface area contributed by atoms with Crippen LogP contribution in [-0.4, -0.2) is 64.1 Å². The van der Waals surface area contributed by atoms with Crippen molar-refractivity contribution in [2.45, 2.75) is 26.2 Å². The molecule has 0 unspecified atom stereocenters. The molecule has 12 heteroatoms. The number of hydrogen-bond donors (Lipinski definition) is 1. The molecule has 1 N–H and O–H groups in total. The Labute approximate surface area is 271 Å². The van der Waals surface area contributed by atoms with Crippen LogP contribution in [0.2, 0.25) is 5.02 Å². The summed E-state index contributed by atoms with van der Waals surface area (Å²) < 4.78 is 34.3. The zero-order chi connectivity index (χ0) is 32.0. The summed E-state index contributed by atoms with van der Waals surface area (Å²) in [7, 11) is 1.57. The van der Waals surface area contributed by atoms with E-state index in [2.05, 4.69) is 32.4 Å². The third-order valence-corrected chi connectivity index (χ3v) is 8.29. The van der Waals surface area contributed by atoms with Gasteiger partial charge in [-0.05, 0) is 74.7 Å². The van der Waals surface area contributed by atoms with Crippen molar-refractivity contribution < 1.29 is 23.4 Å². The number of carbonyl (C=O) groups excluding carboxylic acids is 1. The van der Waals surface area contributed by atoms with Gasteiger partial charge in [-0.2, -0.15) is 0 Å². The number of nitrogens with one attached hydrogen (secondary N) is 1. The second-order valence-electron chi connectivity index (χ2n) is 11.3. The summed E-state index contributed by atoms with van der Waals surface area (Å²) in [4.78, 5) is 19.7. The van der Waals surface area contributed by atoms with E-state index < -0.39 is 11.7 Å². The standard InChI is InChI=1S/C34H34ClFN6O4/c1-22-11-15-41(16-12-22)14-5-17-45-33-20-27-24(19-32(33)44-2)30(10-13-37-27)46-31-9-8-23(18-26(31)36)38-34(43)28-21-42(40-39-28)29-7-4-3-6-25(29)35/h3-4,6-10,13,18-22H,5,11-12,14-17H2,1-2H3,(H,38,43). The van der Waals surface area contributed by atoms with Gasteiger partial charge in [0.1, 0.15) is 5.75 Å². The molecular formula is C34H34ClFN6O4. The molecule has 2 aromatic heterocycles. The van der Waals surface area contributed by atoms with Gasteiger partial charge in [-0.25, -0.2) is 9.07 Å². The third kappa shape index (κ3) is 7.21. The molecule has 5 aromatic rings. The highest BCUT2D eigenvalue weighted by molar-refractivity contribution is 6.32. The van der Waals surface area contributed by atoms with Crippen LogP contribution in [-0.2, 0) is 0 Å². The van der Waals surface area contributed by atoms with E-state index in [-0.39, 0.29) is 17.1 Å². The number of piperidine rings is 1. The first kappa shape index (κ1) is 31.3. The minimum atomic E-state index is -0.669. The van der Waals surface area contributed by atoms with Crippen molar-refractivity contribution in [2.75, 3.05) is 38.7 Å². The summed E-state index contributed by atoms with van der Waals surface area (Å²) in [5.74, 6) is 1.06. The van der Waals surface area contributed by atoms with E-state index in [9.17, 15) is 4.79 Å². The predicted molar refractivity (Wildman–Crippen MR) is 174 cm³/mol. The van der Waals surface area contributed by atoms with Crippen molar-refractivity contribution in [1.82, 2.24) is 24.9 Å². The first-order chi connectivity index (χ1) is 22.4. The number of ether oxygens (including phenoxy) is 3. The average molecular weight is 645 g/mol. The number of amides is 1. The van der Waals surface area contributed by atoms with E-state index >= 15 is 4.39 Å². The van der Waals surface area contributed by atoms with Crippen molar-refractivity contribution in [1.29, 1.82) is 0 Å². The van der Waals surface area contributed by atoms with Gasteiger partial charge in [-0.3, -0.25) is 9.78 Å². The van der Waals surface area contributed by atoms with Crippen LogP contribution in [0.25, 0.3) is 16.6 Å². The van der Waals surface area contributed by atoms with Gasteiger partial charge in [0, 0.05) is 35.9 Å². The van der Waals surface area contributed by atoms with Gasteiger partial charge >= 0.3 is 0 Å². The Morgan fingerprint density at radius 3 is 2.65 bits per heavy atom. The van der Waals surface area contributed by atoms with Crippen molar-refractivity contribution in [2.24, 2.45) is 5.92 Å². The van der Waals surface area contributed by atoms with Crippen LogP contribution >= 0.6 is 11.6 Å². The van der Waals surface area contributed by atoms with E-state index in [1.54, 1.807) is 55.8 Å². The third-order valence-electron chi connectivity index (χ3n) is 7.97. The highest BCUT2D eigenvalue weighted by atomic mass is 35.5. The van der Waals surface area contributed by atoms with E-state index in [1.165, 1.54) is 41.9 Å². The molecule has 1 saturated heterocycles. The Hall–Kier alpha value is -4.74. The summed E-state index contributed by atoms with van der Waals surface area (Å²) in [6, 6.07) is 16.4. The van der Waals surface area contributed by atoms with Gasteiger partial charge in [-0.15, -0.1) is 5.10 Å². The number of methoxy groups -OCH3 is 1. The molecule has 0 atom stereocenters. The number of fused-ring (bicyclic) bond motifs is 1.